The zero-order chi connectivity index (χ0) is 12.4. The van der Waals surface area contributed by atoms with Crippen molar-refractivity contribution < 1.29 is 0 Å². The minimum atomic E-state index is 0.394. The van der Waals surface area contributed by atoms with E-state index >= 15 is 0 Å². The van der Waals surface area contributed by atoms with Crippen molar-refractivity contribution in [1.82, 2.24) is 15.3 Å². The monoisotopic (exact) mass is 241 g/mol. The summed E-state index contributed by atoms with van der Waals surface area (Å²) in [6, 6.07) is 6.67. The van der Waals surface area contributed by atoms with Crippen molar-refractivity contribution in [1.29, 1.82) is 0 Å². The first-order valence-corrected chi connectivity index (χ1v) is 6.75. The average molecular weight is 241 g/mol. The molecule has 0 saturated heterocycles. The first-order chi connectivity index (χ1) is 8.88. The van der Waals surface area contributed by atoms with Gasteiger partial charge in [0.05, 0.1) is 11.0 Å². The highest BCUT2D eigenvalue weighted by atomic mass is 14.9. The van der Waals surface area contributed by atoms with Crippen molar-refractivity contribution >= 4 is 11.0 Å². The quantitative estimate of drug-likeness (QED) is 0.874. The molecule has 1 aliphatic rings. The summed E-state index contributed by atoms with van der Waals surface area (Å²) in [6.45, 7) is 0. The molecule has 1 aliphatic carbocycles. The average Bonchev–Trinajstić information content (AvgIpc) is 3.24. The van der Waals surface area contributed by atoms with Crippen LogP contribution in [0.5, 0.6) is 0 Å². The Bertz CT molecular complexity index is 529. The summed E-state index contributed by atoms with van der Waals surface area (Å²) in [5.41, 5.74) is 3.31. The highest BCUT2D eigenvalue weighted by Crippen LogP contribution is 2.36. The molecule has 3 heteroatoms. The number of hydrogen-bond donors (Lipinski definition) is 1. The number of nitrogens with zero attached hydrogens (tertiary/aromatic N) is 2. The molecule has 3 rings (SSSR count). The maximum absolute atomic E-state index is 4.49. The van der Waals surface area contributed by atoms with Gasteiger partial charge < -0.3 is 5.32 Å². The molecule has 94 valence electrons. The van der Waals surface area contributed by atoms with E-state index in [4.69, 9.17) is 0 Å². The number of aromatic nitrogens is 2. The standard InChI is InChI=1S/C15H19N3/c1-16-13(8-7-11-5-6-11)12-3-2-4-14-15(12)18-10-9-17-14/h2-4,9-11,13,16H,5-8H2,1H3. The second kappa shape index (κ2) is 5.02. The van der Waals surface area contributed by atoms with Crippen LogP contribution in [0.2, 0.25) is 0 Å². The van der Waals surface area contributed by atoms with Gasteiger partial charge in [0.15, 0.2) is 0 Å². The number of benzene rings is 1. The van der Waals surface area contributed by atoms with E-state index in [1.54, 1.807) is 12.4 Å². The van der Waals surface area contributed by atoms with Crippen molar-refractivity contribution in [3.8, 4) is 0 Å². The maximum Gasteiger partial charge on any atom is 0.0934 e. The third kappa shape index (κ3) is 2.36. The molecule has 1 fully saturated rings. The fourth-order valence-electron chi connectivity index (χ4n) is 2.56. The summed E-state index contributed by atoms with van der Waals surface area (Å²) in [5.74, 6) is 0.974. The molecule has 0 amide bonds. The normalized spacial score (nSPS) is 16.9. The van der Waals surface area contributed by atoms with Gasteiger partial charge in [-0.05, 0) is 37.4 Å². The Labute approximate surface area is 108 Å². The molecule has 1 heterocycles. The van der Waals surface area contributed by atoms with Crippen LogP contribution in [0, 0.1) is 5.92 Å². The van der Waals surface area contributed by atoms with Crippen molar-refractivity contribution in [2.45, 2.75) is 31.7 Å². The van der Waals surface area contributed by atoms with Gasteiger partial charge in [-0.2, -0.15) is 0 Å². The number of nitrogens with one attached hydrogen (secondary N) is 1. The van der Waals surface area contributed by atoms with Gasteiger partial charge in [-0.15, -0.1) is 0 Å². The molecule has 1 N–H and O–H groups in total. The lowest BCUT2D eigenvalue weighted by Crippen LogP contribution is -2.17. The van der Waals surface area contributed by atoms with E-state index < -0.39 is 0 Å². The molecule has 1 saturated carbocycles. The van der Waals surface area contributed by atoms with Crippen LogP contribution in [0.15, 0.2) is 30.6 Å². The van der Waals surface area contributed by atoms with Gasteiger partial charge in [0, 0.05) is 18.4 Å². The summed E-state index contributed by atoms with van der Waals surface area (Å²) >= 11 is 0. The van der Waals surface area contributed by atoms with Crippen molar-refractivity contribution in [3.05, 3.63) is 36.2 Å². The Morgan fingerprint density at radius 2 is 2.11 bits per heavy atom. The zero-order valence-electron chi connectivity index (χ0n) is 10.8. The van der Waals surface area contributed by atoms with Gasteiger partial charge in [-0.3, -0.25) is 9.97 Å². The van der Waals surface area contributed by atoms with Crippen LogP contribution >= 0.6 is 0 Å². The number of hydrogen-bond acceptors (Lipinski definition) is 3. The van der Waals surface area contributed by atoms with E-state index in [0.717, 1.165) is 17.0 Å². The first kappa shape index (κ1) is 11.6. The Morgan fingerprint density at radius 3 is 2.89 bits per heavy atom. The van der Waals surface area contributed by atoms with Crippen molar-refractivity contribution in [2.75, 3.05) is 7.05 Å². The van der Waals surface area contributed by atoms with E-state index in [0.29, 0.717) is 6.04 Å². The van der Waals surface area contributed by atoms with E-state index in [1.165, 1.54) is 31.2 Å². The summed E-state index contributed by atoms with van der Waals surface area (Å²) in [4.78, 5) is 8.87. The molecule has 3 nitrogen and oxygen atoms in total. The lowest BCUT2D eigenvalue weighted by Gasteiger charge is -2.17. The van der Waals surface area contributed by atoms with Crippen LogP contribution in [0.3, 0.4) is 0 Å². The van der Waals surface area contributed by atoms with Crippen LogP contribution in [0.25, 0.3) is 11.0 Å². The van der Waals surface area contributed by atoms with Crippen molar-refractivity contribution in [3.63, 3.8) is 0 Å². The molecule has 0 spiro atoms. The van der Waals surface area contributed by atoms with Gasteiger partial charge in [-0.25, -0.2) is 0 Å². The van der Waals surface area contributed by atoms with E-state index in [-0.39, 0.29) is 0 Å². The van der Waals surface area contributed by atoms with Crippen LogP contribution in [0.4, 0.5) is 0 Å². The second-order valence-corrected chi connectivity index (χ2v) is 5.13. The SMILES string of the molecule is CNC(CCC1CC1)c1cccc2nccnc12. The zero-order valence-corrected chi connectivity index (χ0v) is 10.8. The molecule has 1 atom stereocenters. The molecular weight excluding hydrogens is 222 g/mol. The van der Waals surface area contributed by atoms with Crippen molar-refractivity contribution in [2.24, 2.45) is 5.92 Å². The molecule has 2 aromatic rings. The minimum absolute atomic E-state index is 0.394. The molecular formula is C15H19N3. The van der Waals surface area contributed by atoms with Crippen LogP contribution in [0.1, 0.15) is 37.3 Å². The summed E-state index contributed by atoms with van der Waals surface area (Å²) < 4.78 is 0. The maximum atomic E-state index is 4.49. The topological polar surface area (TPSA) is 37.8 Å². The van der Waals surface area contributed by atoms with Crippen LogP contribution in [-0.2, 0) is 0 Å². The summed E-state index contributed by atoms with van der Waals surface area (Å²) in [7, 11) is 2.03. The number of fused-ring (bicyclic) bond motifs is 1. The summed E-state index contributed by atoms with van der Waals surface area (Å²) in [5, 5.41) is 3.43. The Hall–Kier alpha value is -1.48. The molecule has 1 aromatic carbocycles. The largest absolute Gasteiger partial charge is 0.313 e. The summed E-state index contributed by atoms with van der Waals surface area (Å²) in [6.07, 6.45) is 8.89. The third-order valence-corrected chi connectivity index (χ3v) is 3.81. The number of para-hydroxylation sites is 1. The fourth-order valence-corrected chi connectivity index (χ4v) is 2.56. The third-order valence-electron chi connectivity index (χ3n) is 3.81. The minimum Gasteiger partial charge on any atom is -0.313 e. The molecule has 1 aromatic heterocycles. The fraction of sp³-hybridized carbons (Fsp3) is 0.467. The number of rotatable bonds is 5. The Balaban J connectivity index is 1.89. The van der Waals surface area contributed by atoms with Gasteiger partial charge in [0.2, 0.25) is 0 Å². The van der Waals surface area contributed by atoms with Crippen LogP contribution < -0.4 is 5.32 Å². The molecule has 0 radical (unpaired) electrons. The Morgan fingerprint density at radius 1 is 1.28 bits per heavy atom. The molecule has 0 bridgehead atoms. The van der Waals surface area contributed by atoms with E-state index in [1.807, 2.05) is 13.1 Å². The second-order valence-electron chi connectivity index (χ2n) is 5.13. The van der Waals surface area contributed by atoms with Crippen LogP contribution in [-0.4, -0.2) is 17.0 Å². The van der Waals surface area contributed by atoms with Gasteiger partial charge in [-0.1, -0.05) is 25.0 Å². The molecule has 1 unspecified atom stereocenters. The lowest BCUT2D eigenvalue weighted by atomic mass is 9.99. The lowest BCUT2D eigenvalue weighted by molar-refractivity contribution is 0.508. The van der Waals surface area contributed by atoms with E-state index in [9.17, 15) is 0 Å². The smallest absolute Gasteiger partial charge is 0.0934 e. The highest BCUT2D eigenvalue weighted by molar-refractivity contribution is 5.78. The Kier molecular flexibility index (Phi) is 3.24. The molecule has 0 aliphatic heterocycles. The van der Waals surface area contributed by atoms with Gasteiger partial charge in [0.1, 0.15) is 0 Å². The van der Waals surface area contributed by atoms with Gasteiger partial charge in [0.25, 0.3) is 0 Å². The molecule has 18 heavy (non-hydrogen) atoms. The van der Waals surface area contributed by atoms with Gasteiger partial charge >= 0.3 is 0 Å². The predicted octanol–water partition coefficient (Wildman–Crippen LogP) is 3.08. The first-order valence-electron chi connectivity index (χ1n) is 6.75. The highest BCUT2D eigenvalue weighted by Gasteiger charge is 2.23. The van der Waals surface area contributed by atoms with E-state index in [2.05, 4.69) is 27.4 Å². The predicted molar refractivity (Wildman–Crippen MR) is 73.3 cm³/mol.